The van der Waals surface area contributed by atoms with Crippen LogP contribution >= 0.6 is 0 Å². The van der Waals surface area contributed by atoms with E-state index in [4.69, 9.17) is 10.1 Å². The molecule has 0 aromatic carbocycles. The Hall–Kier alpha value is -2.32. The van der Waals surface area contributed by atoms with Crippen molar-refractivity contribution in [2.24, 2.45) is 11.8 Å². The van der Waals surface area contributed by atoms with Crippen LogP contribution in [0, 0.1) is 11.8 Å². The van der Waals surface area contributed by atoms with E-state index >= 15 is 0 Å². The molecule has 0 saturated carbocycles. The van der Waals surface area contributed by atoms with Crippen molar-refractivity contribution in [3.63, 3.8) is 0 Å². The van der Waals surface area contributed by atoms with Crippen LogP contribution in [0.2, 0.25) is 0 Å². The first kappa shape index (κ1) is 24.3. The molecule has 9 heteroatoms. The fraction of sp³-hybridized carbons (Fsp3) is 0.696. The molecule has 1 unspecified atom stereocenters. The van der Waals surface area contributed by atoms with Gasteiger partial charge in [0.05, 0.1) is 17.2 Å². The highest BCUT2D eigenvalue weighted by Crippen LogP contribution is 2.34. The first-order valence-corrected chi connectivity index (χ1v) is 11.5. The van der Waals surface area contributed by atoms with Crippen LogP contribution in [0.25, 0.3) is 0 Å². The number of carbonyl (C=O) groups is 2. The molecule has 32 heavy (non-hydrogen) atoms. The normalized spacial score (nSPS) is 20.4. The van der Waals surface area contributed by atoms with Crippen LogP contribution < -0.4 is 4.90 Å². The molecule has 0 bridgehead atoms. The Morgan fingerprint density at radius 1 is 1.16 bits per heavy atom. The Morgan fingerprint density at radius 3 is 2.50 bits per heavy atom. The number of anilines is 1. The molecular formula is C23H32F3N3O3. The summed E-state index contributed by atoms with van der Waals surface area (Å²) in [4.78, 5) is 32.6. The van der Waals surface area contributed by atoms with Crippen LogP contribution in [0.3, 0.4) is 0 Å². The predicted molar refractivity (Wildman–Crippen MR) is 115 cm³/mol. The largest absolute Gasteiger partial charge is 0.481 e. The number of carbonyl (C=O) groups excluding carboxylic acids is 1. The van der Waals surface area contributed by atoms with E-state index in [0.717, 1.165) is 38.0 Å². The Balaban J connectivity index is 1.75. The lowest BCUT2D eigenvalue weighted by atomic mass is 9.94. The number of aromatic nitrogens is 1. The van der Waals surface area contributed by atoms with E-state index in [1.54, 1.807) is 12.1 Å². The fourth-order valence-corrected chi connectivity index (χ4v) is 4.66. The number of aliphatic carboxylic acids is 1. The van der Waals surface area contributed by atoms with Crippen LogP contribution in [0.15, 0.2) is 12.1 Å². The molecule has 2 saturated heterocycles. The second kappa shape index (κ2) is 10.5. The van der Waals surface area contributed by atoms with E-state index in [9.17, 15) is 22.8 Å². The summed E-state index contributed by atoms with van der Waals surface area (Å²) in [7, 11) is 0. The first-order valence-electron chi connectivity index (χ1n) is 11.5. The molecule has 3 rings (SSSR count). The molecule has 2 aliphatic heterocycles. The molecule has 178 valence electrons. The third-order valence-corrected chi connectivity index (χ3v) is 6.51. The van der Waals surface area contributed by atoms with Gasteiger partial charge in [-0.1, -0.05) is 13.3 Å². The molecule has 0 spiro atoms. The van der Waals surface area contributed by atoms with Gasteiger partial charge in [-0.15, -0.1) is 0 Å². The number of carboxylic acids is 1. The standard InChI is InChI=1S/C23H32F3N3O3/c1-2-3-6-19-18(22(32)28-12-9-17(10-13-28)23(24,25)26)7-8-20(27-19)29-11-4-5-16(15-29)14-21(30)31/h7-8,16-17H,2-6,9-15H2,1H3,(H,30,31). The van der Waals surface area contributed by atoms with E-state index in [-0.39, 0.29) is 44.2 Å². The summed E-state index contributed by atoms with van der Waals surface area (Å²) in [6, 6.07) is 3.53. The van der Waals surface area contributed by atoms with E-state index < -0.39 is 18.1 Å². The van der Waals surface area contributed by atoms with Crippen molar-refractivity contribution in [1.82, 2.24) is 9.88 Å². The van der Waals surface area contributed by atoms with Crippen LogP contribution in [0.5, 0.6) is 0 Å². The predicted octanol–water partition coefficient (Wildman–Crippen LogP) is 4.53. The van der Waals surface area contributed by atoms with Crippen LogP contribution in [-0.4, -0.2) is 59.2 Å². The van der Waals surface area contributed by atoms with Gasteiger partial charge in [-0.25, -0.2) is 4.98 Å². The topological polar surface area (TPSA) is 73.7 Å². The zero-order chi connectivity index (χ0) is 23.3. The minimum Gasteiger partial charge on any atom is -0.481 e. The highest BCUT2D eigenvalue weighted by Gasteiger charge is 2.42. The zero-order valence-electron chi connectivity index (χ0n) is 18.5. The molecule has 3 heterocycles. The number of carboxylic acid groups (broad SMARTS) is 1. The molecule has 1 aromatic heterocycles. The van der Waals surface area contributed by atoms with Gasteiger partial charge in [-0.2, -0.15) is 13.2 Å². The van der Waals surface area contributed by atoms with E-state index in [0.29, 0.717) is 24.2 Å². The second-order valence-electron chi connectivity index (χ2n) is 8.93. The minimum absolute atomic E-state index is 0.0657. The molecule has 6 nitrogen and oxygen atoms in total. The number of rotatable bonds is 7. The van der Waals surface area contributed by atoms with Gasteiger partial charge in [-0.05, 0) is 56.6 Å². The molecule has 1 amide bonds. The zero-order valence-corrected chi connectivity index (χ0v) is 18.5. The number of hydrogen-bond donors (Lipinski definition) is 1. The maximum Gasteiger partial charge on any atom is 0.391 e. The van der Waals surface area contributed by atoms with Crippen molar-refractivity contribution in [2.75, 3.05) is 31.1 Å². The number of piperidine rings is 2. The number of hydrogen-bond acceptors (Lipinski definition) is 4. The molecule has 2 fully saturated rings. The van der Waals surface area contributed by atoms with Crippen molar-refractivity contribution in [3.05, 3.63) is 23.4 Å². The number of likely N-dealkylation sites (tertiary alicyclic amines) is 1. The van der Waals surface area contributed by atoms with E-state index in [2.05, 4.69) is 4.90 Å². The number of amides is 1. The Bertz CT molecular complexity index is 807. The Labute approximate surface area is 186 Å². The monoisotopic (exact) mass is 455 g/mol. The molecule has 1 atom stereocenters. The van der Waals surface area contributed by atoms with Crippen molar-refractivity contribution >= 4 is 17.7 Å². The summed E-state index contributed by atoms with van der Waals surface area (Å²) in [5, 5.41) is 9.11. The lowest BCUT2D eigenvalue weighted by molar-refractivity contribution is -0.183. The number of unbranched alkanes of at least 4 members (excludes halogenated alkanes) is 1. The molecule has 1 N–H and O–H groups in total. The highest BCUT2D eigenvalue weighted by molar-refractivity contribution is 5.95. The van der Waals surface area contributed by atoms with Gasteiger partial charge in [0.25, 0.3) is 5.91 Å². The Morgan fingerprint density at radius 2 is 1.88 bits per heavy atom. The van der Waals surface area contributed by atoms with Gasteiger partial charge in [-0.3, -0.25) is 9.59 Å². The van der Waals surface area contributed by atoms with E-state index in [1.807, 2.05) is 6.92 Å². The van der Waals surface area contributed by atoms with Gasteiger partial charge in [0.2, 0.25) is 0 Å². The summed E-state index contributed by atoms with van der Waals surface area (Å²) in [6.07, 6.45) is -0.0459. The highest BCUT2D eigenvalue weighted by atomic mass is 19.4. The molecule has 0 aliphatic carbocycles. The number of pyridine rings is 1. The fourth-order valence-electron chi connectivity index (χ4n) is 4.66. The molecule has 2 aliphatic rings. The quantitative estimate of drug-likeness (QED) is 0.654. The van der Waals surface area contributed by atoms with Crippen molar-refractivity contribution in [1.29, 1.82) is 0 Å². The SMILES string of the molecule is CCCCc1nc(N2CCCC(CC(=O)O)C2)ccc1C(=O)N1CCC(C(F)(F)F)CC1. The maximum atomic E-state index is 13.1. The minimum atomic E-state index is -4.21. The summed E-state index contributed by atoms with van der Waals surface area (Å²) >= 11 is 0. The summed E-state index contributed by atoms with van der Waals surface area (Å²) in [5.41, 5.74) is 1.14. The maximum absolute atomic E-state index is 13.1. The third-order valence-electron chi connectivity index (χ3n) is 6.51. The lowest BCUT2D eigenvalue weighted by Crippen LogP contribution is -2.42. The van der Waals surface area contributed by atoms with Gasteiger partial charge in [0.1, 0.15) is 5.82 Å². The summed E-state index contributed by atoms with van der Waals surface area (Å²) in [5.74, 6) is -1.59. The number of nitrogens with zero attached hydrogens (tertiary/aromatic N) is 3. The smallest absolute Gasteiger partial charge is 0.391 e. The van der Waals surface area contributed by atoms with Crippen LogP contribution in [-0.2, 0) is 11.2 Å². The molecule has 0 radical (unpaired) electrons. The van der Waals surface area contributed by atoms with Gasteiger partial charge in [0, 0.05) is 32.6 Å². The number of halogens is 3. The molecular weight excluding hydrogens is 423 g/mol. The average Bonchev–Trinajstić information content (AvgIpc) is 2.76. The summed E-state index contributed by atoms with van der Waals surface area (Å²) < 4.78 is 38.9. The van der Waals surface area contributed by atoms with Crippen LogP contribution in [0.1, 0.15) is 67.9 Å². The average molecular weight is 456 g/mol. The number of aryl methyl sites for hydroxylation is 1. The van der Waals surface area contributed by atoms with Gasteiger partial charge >= 0.3 is 12.1 Å². The first-order chi connectivity index (χ1) is 15.2. The number of alkyl halides is 3. The van der Waals surface area contributed by atoms with Gasteiger partial charge < -0.3 is 14.9 Å². The lowest BCUT2D eigenvalue weighted by Gasteiger charge is -2.34. The second-order valence-corrected chi connectivity index (χ2v) is 8.93. The van der Waals surface area contributed by atoms with Crippen LogP contribution in [0.4, 0.5) is 19.0 Å². The van der Waals surface area contributed by atoms with Crippen molar-refractivity contribution in [2.45, 2.75) is 64.5 Å². The Kier molecular flexibility index (Phi) is 8.00. The van der Waals surface area contributed by atoms with Gasteiger partial charge in [0.15, 0.2) is 0 Å². The molecule has 1 aromatic rings. The van der Waals surface area contributed by atoms with Crippen molar-refractivity contribution in [3.8, 4) is 0 Å². The van der Waals surface area contributed by atoms with E-state index in [1.165, 1.54) is 4.90 Å². The summed E-state index contributed by atoms with van der Waals surface area (Å²) in [6.45, 7) is 3.65. The third kappa shape index (κ3) is 6.13. The van der Waals surface area contributed by atoms with Crippen molar-refractivity contribution < 1.29 is 27.9 Å².